The third-order valence-electron chi connectivity index (χ3n) is 6.39. The molecule has 4 aromatic carbocycles. The second-order valence-corrected chi connectivity index (χ2v) is 9.11. The monoisotopic (exact) mass is 529 g/mol. The molecule has 6 rings (SSSR count). The van der Waals surface area contributed by atoms with Crippen molar-refractivity contribution in [2.45, 2.75) is 12.8 Å². The molecule has 0 saturated carbocycles. The molecule has 1 N–H and O–H groups in total. The quantitative estimate of drug-likeness (QED) is 0.190. The number of fused-ring (bicyclic) bond motifs is 3. The van der Waals surface area contributed by atoms with Gasteiger partial charge in [0.1, 0.15) is 6.33 Å². The van der Waals surface area contributed by atoms with Crippen molar-refractivity contribution >= 4 is 12.1 Å². The van der Waals surface area contributed by atoms with Crippen molar-refractivity contribution in [1.29, 1.82) is 5.41 Å². The maximum absolute atomic E-state index is 15.5. The van der Waals surface area contributed by atoms with Gasteiger partial charge in [-0.15, -0.1) is 0 Å². The van der Waals surface area contributed by atoms with Crippen LogP contribution in [0.15, 0.2) is 121 Å². The third kappa shape index (κ3) is 5.35. The highest BCUT2D eigenvalue weighted by molar-refractivity contribution is 6.03. The summed E-state index contributed by atoms with van der Waals surface area (Å²) in [7, 11) is 0. The van der Waals surface area contributed by atoms with Crippen molar-refractivity contribution in [3.63, 3.8) is 0 Å². The number of alkyl halides is 2. The number of nitrogens with zero attached hydrogens (tertiary/aromatic N) is 4. The van der Waals surface area contributed by atoms with E-state index in [-0.39, 0.29) is 17.0 Å². The Kier molecular flexibility index (Phi) is 7.46. The molecule has 7 heteroatoms. The van der Waals surface area contributed by atoms with Crippen molar-refractivity contribution in [2.24, 2.45) is 4.99 Å². The molecule has 0 aliphatic heterocycles. The molecule has 40 heavy (non-hydrogen) atoms. The van der Waals surface area contributed by atoms with Crippen LogP contribution >= 0.6 is 0 Å². The predicted molar refractivity (Wildman–Crippen MR) is 156 cm³/mol. The molecular formula is C33H25F2N5. The minimum atomic E-state index is -3.23. The Morgan fingerprint density at radius 1 is 0.800 bits per heavy atom. The van der Waals surface area contributed by atoms with Crippen LogP contribution in [0.3, 0.4) is 0 Å². The molecule has 196 valence electrons. The minimum Gasteiger partial charge on any atom is -0.282 e. The summed E-state index contributed by atoms with van der Waals surface area (Å²) < 4.78 is 31.0. The zero-order valence-corrected chi connectivity index (χ0v) is 21.7. The van der Waals surface area contributed by atoms with Gasteiger partial charge in [0.15, 0.2) is 17.5 Å². The van der Waals surface area contributed by atoms with E-state index in [1.807, 2.05) is 48.5 Å². The first-order valence-corrected chi connectivity index (χ1v) is 12.6. The summed E-state index contributed by atoms with van der Waals surface area (Å²) >= 11 is 0. The number of rotatable bonds is 4. The standard InChI is InChI=1S/C26H17F2N5.C7H8/c1-2-12-30-23(29)17-8-10-19-20-11-9-18(14-22(20)26(27,28)21(19)13-17)25-32-15-31-24(33-25)16-6-4-3-5-7-16;1-7-5-3-2-4-6-7/h2-15,29H,1H2;2-6H,1H3. The SMILES string of the molecule is C=CC=NC(=N)c1ccc2c(c1)C(F)(F)c1cc(-c3ncnc(-c4ccccc4)n3)ccc1-2.Cc1ccccc1. The molecule has 0 fully saturated rings. The average Bonchev–Trinajstić information content (AvgIpc) is 3.22. The number of aliphatic imine (C=N–C) groups is 1. The number of benzene rings is 4. The Morgan fingerprint density at radius 3 is 2.02 bits per heavy atom. The summed E-state index contributed by atoms with van der Waals surface area (Å²) in [6, 6.07) is 29.1. The molecule has 1 heterocycles. The summed E-state index contributed by atoms with van der Waals surface area (Å²) in [4.78, 5) is 16.8. The number of halogens is 2. The first-order valence-electron chi connectivity index (χ1n) is 12.6. The van der Waals surface area contributed by atoms with E-state index in [1.165, 1.54) is 36.3 Å². The molecule has 0 atom stereocenters. The van der Waals surface area contributed by atoms with Crippen molar-refractivity contribution in [3.05, 3.63) is 138 Å². The van der Waals surface area contributed by atoms with Crippen LogP contribution in [0, 0.1) is 12.3 Å². The summed E-state index contributed by atoms with van der Waals surface area (Å²) in [5, 5.41) is 8.01. The normalized spacial score (nSPS) is 12.7. The Labute approximate surface area is 231 Å². The van der Waals surface area contributed by atoms with Gasteiger partial charge >= 0.3 is 0 Å². The molecule has 5 nitrogen and oxygen atoms in total. The fourth-order valence-corrected chi connectivity index (χ4v) is 4.41. The fourth-order valence-electron chi connectivity index (χ4n) is 4.41. The molecule has 0 saturated heterocycles. The van der Waals surface area contributed by atoms with Crippen LogP contribution < -0.4 is 0 Å². The van der Waals surface area contributed by atoms with Gasteiger partial charge in [0.2, 0.25) is 0 Å². The van der Waals surface area contributed by atoms with Gasteiger partial charge in [-0.3, -0.25) is 5.41 Å². The number of allylic oxidation sites excluding steroid dienone is 1. The fraction of sp³-hybridized carbons (Fsp3) is 0.0606. The first kappa shape index (κ1) is 26.4. The van der Waals surface area contributed by atoms with E-state index in [9.17, 15) is 0 Å². The van der Waals surface area contributed by atoms with Crippen molar-refractivity contribution in [1.82, 2.24) is 15.0 Å². The van der Waals surface area contributed by atoms with Crippen LogP contribution in [0.1, 0.15) is 22.3 Å². The third-order valence-corrected chi connectivity index (χ3v) is 6.39. The van der Waals surface area contributed by atoms with Gasteiger partial charge in [0.25, 0.3) is 5.92 Å². The number of hydrogen-bond acceptors (Lipinski definition) is 4. The van der Waals surface area contributed by atoms with E-state index in [1.54, 1.807) is 24.3 Å². The minimum absolute atomic E-state index is 0.108. The highest BCUT2D eigenvalue weighted by Gasteiger charge is 2.44. The van der Waals surface area contributed by atoms with E-state index < -0.39 is 5.92 Å². The largest absolute Gasteiger partial charge is 0.299 e. The summed E-state index contributed by atoms with van der Waals surface area (Å²) in [5.41, 5.74) is 3.54. The molecular weight excluding hydrogens is 504 g/mol. The van der Waals surface area contributed by atoms with Gasteiger partial charge < -0.3 is 0 Å². The smallest absolute Gasteiger partial charge is 0.282 e. The number of hydrogen-bond donors (Lipinski definition) is 1. The summed E-state index contributed by atoms with van der Waals surface area (Å²) in [5.74, 6) is -2.54. The topological polar surface area (TPSA) is 74.9 Å². The lowest BCUT2D eigenvalue weighted by molar-refractivity contribution is 0.0480. The molecule has 0 radical (unpaired) electrons. The molecule has 0 bridgehead atoms. The van der Waals surface area contributed by atoms with Crippen LogP contribution in [0.5, 0.6) is 0 Å². The second kappa shape index (κ2) is 11.3. The van der Waals surface area contributed by atoms with E-state index in [0.717, 1.165) is 5.56 Å². The Bertz CT molecular complexity index is 1710. The number of aryl methyl sites for hydroxylation is 1. The van der Waals surface area contributed by atoms with Gasteiger partial charge in [-0.2, -0.15) is 8.78 Å². The lowest BCUT2D eigenvalue weighted by atomic mass is 10.0. The predicted octanol–water partition coefficient (Wildman–Crippen LogP) is 7.90. The molecule has 0 spiro atoms. The zero-order chi connectivity index (χ0) is 28.1. The second-order valence-electron chi connectivity index (χ2n) is 9.11. The highest BCUT2D eigenvalue weighted by atomic mass is 19.3. The van der Waals surface area contributed by atoms with Crippen LogP contribution in [0.2, 0.25) is 0 Å². The average molecular weight is 530 g/mol. The molecule has 1 aliphatic rings. The molecule has 0 amide bonds. The van der Waals surface area contributed by atoms with Crippen molar-refractivity contribution in [2.75, 3.05) is 0 Å². The van der Waals surface area contributed by atoms with E-state index >= 15 is 8.78 Å². The lowest BCUT2D eigenvalue weighted by Crippen LogP contribution is -2.12. The first-order chi connectivity index (χ1) is 19.4. The summed E-state index contributed by atoms with van der Waals surface area (Å²) in [6.45, 7) is 5.59. The van der Waals surface area contributed by atoms with E-state index in [4.69, 9.17) is 5.41 Å². The van der Waals surface area contributed by atoms with Gasteiger partial charge in [-0.1, -0.05) is 103 Å². The maximum atomic E-state index is 15.5. The van der Waals surface area contributed by atoms with Gasteiger partial charge in [0.05, 0.1) is 0 Å². The van der Waals surface area contributed by atoms with E-state index in [2.05, 4.69) is 45.6 Å². The molecule has 0 unspecified atom stereocenters. The van der Waals surface area contributed by atoms with Crippen molar-refractivity contribution < 1.29 is 8.78 Å². The Hall–Kier alpha value is -5.17. The lowest BCUT2D eigenvalue weighted by Gasteiger charge is -2.13. The van der Waals surface area contributed by atoms with Gasteiger partial charge in [-0.05, 0) is 30.2 Å². The van der Waals surface area contributed by atoms with Gasteiger partial charge in [-0.25, -0.2) is 19.9 Å². The van der Waals surface area contributed by atoms with Gasteiger partial charge in [0, 0.05) is 34.0 Å². The van der Waals surface area contributed by atoms with Crippen molar-refractivity contribution in [3.8, 4) is 33.9 Å². The summed E-state index contributed by atoms with van der Waals surface area (Å²) in [6.07, 6.45) is 4.16. The molecule has 1 aromatic heterocycles. The number of aromatic nitrogens is 3. The Morgan fingerprint density at radius 2 is 1.40 bits per heavy atom. The Balaban J connectivity index is 0.000000403. The number of amidine groups is 1. The zero-order valence-electron chi connectivity index (χ0n) is 21.7. The van der Waals surface area contributed by atoms with Crippen LogP contribution in [-0.2, 0) is 5.92 Å². The molecule has 5 aromatic rings. The highest BCUT2D eigenvalue weighted by Crippen LogP contribution is 2.52. The van der Waals surface area contributed by atoms with E-state index in [0.29, 0.717) is 33.9 Å². The van der Waals surface area contributed by atoms with Crippen LogP contribution in [0.25, 0.3) is 33.9 Å². The maximum Gasteiger partial charge on any atom is 0.299 e. The van der Waals surface area contributed by atoms with Crippen LogP contribution in [0.4, 0.5) is 8.78 Å². The number of nitrogens with one attached hydrogen (secondary N) is 1. The van der Waals surface area contributed by atoms with Crippen LogP contribution in [-0.4, -0.2) is 27.0 Å². The molecule has 1 aliphatic carbocycles.